The van der Waals surface area contributed by atoms with Gasteiger partial charge >= 0.3 is 5.97 Å². The molecule has 0 aromatic heterocycles. The van der Waals surface area contributed by atoms with Crippen molar-refractivity contribution in [1.82, 2.24) is 5.32 Å². The zero-order valence-corrected chi connectivity index (χ0v) is 19.1. The molecule has 1 aliphatic rings. The standard InChI is InChI=1S/C29H28N2O3/c1-20(25-13-7-9-21-8-2-3-12-26(21)25)30-17-16-24-19-31(27-14-4-5-15-28(27)34-24)23-11-6-10-22(18-23)29(32)33/h2-15,18,20,24,30H,16-17,19H2,1H3,(H,32,33)/t20-,24?/m1/s1. The third kappa shape index (κ3) is 4.47. The van der Waals surface area contributed by atoms with Gasteiger partial charge in [0.05, 0.1) is 17.8 Å². The summed E-state index contributed by atoms with van der Waals surface area (Å²) in [6.45, 7) is 3.66. The van der Waals surface area contributed by atoms with E-state index < -0.39 is 5.97 Å². The summed E-state index contributed by atoms with van der Waals surface area (Å²) >= 11 is 0. The predicted molar refractivity (Wildman–Crippen MR) is 136 cm³/mol. The summed E-state index contributed by atoms with van der Waals surface area (Å²) < 4.78 is 6.32. The lowest BCUT2D eigenvalue weighted by Gasteiger charge is -2.36. The lowest BCUT2D eigenvalue weighted by Crippen LogP contribution is -2.39. The number of fused-ring (bicyclic) bond motifs is 2. The summed E-state index contributed by atoms with van der Waals surface area (Å²) in [5.74, 6) is -0.104. The molecular weight excluding hydrogens is 424 g/mol. The van der Waals surface area contributed by atoms with Gasteiger partial charge in [0, 0.05) is 11.7 Å². The molecule has 0 amide bonds. The van der Waals surface area contributed by atoms with Crippen LogP contribution >= 0.6 is 0 Å². The Kier molecular flexibility index (Phi) is 6.19. The Labute approximate surface area is 199 Å². The van der Waals surface area contributed by atoms with Gasteiger partial charge in [-0.3, -0.25) is 0 Å². The molecule has 0 radical (unpaired) electrons. The number of carboxylic acids is 1. The van der Waals surface area contributed by atoms with Crippen LogP contribution in [0.4, 0.5) is 11.4 Å². The van der Waals surface area contributed by atoms with E-state index >= 15 is 0 Å². The molecule has 4 aromatic carbocycles. The maximum atomic E-state index is 11.5. The van der Waals surface area contributed by atoms with Crippen molar-refractivity contribution in [2.75, 3.05) is 18.0 Å². The largest absolute Gasteiger partial charge is 0.486 e. The van der Waals surface area contributed by atoms with E-state index in [1.807, 2.05) is 30.3 Å². The third-order valence-corrected chi connectivity index (χ3v) is 6.45. The molecule has 0 spiro atoms. The first-order valence-electron chi connectivity index (χ1n) is 11.7. The fourth-order valence-corrected chi connectivity index (χ4v) is 4.70. The first kappa shape index (κ1) is 22.0. The van der Waals surface area contributed by atoms with Gasteiger partial charge in [-0.1, -0.05) is 60.7 Å². The van der Waals surface area contributed by atoms with Crippen LogP contribution in [-0.4, -0.2) is 30.3 Å². The van der Waals surface area contributed by atoms with Crippen LogP contribution < -0.4 is 15.0 Å². The Balaban J connectivity index is 1.30. The maximum absolute atomic E-state index is 11.5. The SMILES string of the molecule is C[C@@H](NCCC1CN(c2cccc(C(=O)O)c2)c2ccccc2O1)c1cccc2ccccc12. The monoisotopic (exact) mass is 452 g/mol. The topological polar surface area (TPSA) is 61.8 Å². The number of benzene rings is 4. The molecule has 0 aliphatic carbocycles. The molecule has 4 aromatic rings. The van der Waals surface area contributed by atoms with Crippen LogP contribution in [-0.2, 0) is 0 Å². The van der Waals surface area contributed by atoms with Crippen molar-refractivity contribution in [2.24, 2.45) is 0 Å². The van der Waals surface area contributed by atoms with E-state index in [-0.39, 0.29) is 17.7 Å². The summed E-state index contributed by atoms with van der Waals surface area (Å²) in [4.78, 5) is 13.7. The van der Waals surface area contributed by atoms with Crippen molar-refractivity contribution in [1.29, 1.82) is 0 Å². The van der Waals surface area contributed by atoms with Crippen LogP contribution in [0.2, 0.25) is 0 Å². The molecule has 5 nitrogen and oxygen atoms in total. The number of aromatic carboxylic acids is 1. The molecule has 1 heterocycles. The number of hydrogen-bond acceptors (Lipinski definition) is 4. The molecule has 5 heteroatoms. The first-order valence-corrected chi connectivity index (χ1v) is 11.7. The summed E-state index contributed by atoms with van der Waals surface area (Å²) in [6.07, 6.45) is 0.814. The van der Waals surface area contributed by atoms with Crippen molar-refractivity contribution in [3.63, 3.8) is 0 Å². The van der Waals surface area contributed by atoms with E-state index in [1.165, 1.54) is 16.3 Å². The number of carboxylic acid groups (broad SMARTS) is 1. The highest BCUT2D eigenvalue weighted by atomic mass is 16.5. The molecule has 1 unspecified atom stereocenters. The number of carbonyl (C=O) groups is 1. The third-order valence-electron chi connectivity index (χ3n) is 6.45. The summed E-state index contributed by atoms with van der Waals surface area (Å²) in [5.41, 5.74) is 3.39. The smallest absolute Gasteiger partial charge is 0.335 e. The van der Waals surface area contributed by atoms with E-state index in [4.69, 9.17) is 4.74 Å². The van der Waals surface area contributed by atoms with Gasteiger partial charge in [0.15, 0.2) is 0 Å². The molecule has 1 aliphatic heterocycles. The highest BCUT2D eigenvalue weighted by Gasteiger charge is 2.27. The average Bonchev–Trinajstić information content (AvgIpc) is 2.88. The van der Waals surface area contributed by atoms with Gasteiger partial charge in [-0.2, -0.15) is 0 Å². The number of ether oxygens (including phenoxy) is 1. The Bertz CT molecular complexity index is 1310. The molecule has 2 N–H and O–H groups in total. The quantitative estimate of drug-likeness (QED) is 0.351. The van der Waals surface area contributed by atoms with E-state index in [0.29, 0.717) is 6.54 Å². The molecule has 0 saturated heterocycles. The predicted octanol–water partition coefficient (Wildman–Crippen LogP) is 6.18. The zero-order chi connectivity index (χ0) is 23.5. The average molecular weight is 453 g/mol. The van der Waals surface area contributed by atoms with Crippen LogP contribution in [0.5, 0.6) is 5.75 Å². The molecular formula is C29H28N2O3. The van der Waals surface area contributed by atoms with Crippen LogP contribution in [0.1, 0.15) is 35.3 Å². The van der Waals surface area contributed by atoms with E-state index in [0.717, 1.165) is 30.1 Å². The van der Waals surface area contributed by atoms with Gasteiger partial charge in [-0.25, -0.2) is 4.79 Å². The minimum Gasteiger partial charge on any atom is -0.486 e. The normalized spacial score (nSPS) is 16.0. The van der Waals surface area contributed by atoms with Gasteiger partial charge < -0.3 is 20.1 Å². The number of rotatable bonds is 7. The second-order valence-corrected chi connectivity index (χ2v) is 8.71. The summed E-state index contributed by atoms with van der Waals surface area (Å²) in [7, 11) is 0. The molecule has 0 fully saturated rings. The summed E-state index contributed by atoms with van der Waals surface area (Å²) in [5, 5.41) is 15.6. The zero-order valence-electron chi connectivity index (χ0n) is 19.1. The van der Waals surface area contributed by atoms with Crippen molar-refractivity contribution < 1.29 is 14.6 Å². The lowest BCUT2D eigenvalue weighted by molar-refractivity contribution is 0.0697. The minimum atomic E-state index is -0.924. The molecule has 2 atom stereocenters. The van der Waals surface area contributed by atoms with Crippen molar-refractivity contribution in [3.05, 3.63) is 102 Å². The number of nitrogens with one attached hydrogen (secondary N) is 1. The number of anilines is 2. The van der Waals surface area contributed by atoms with Crippen LogP contribution in [0.3, 0.4) is 0 Å². The van der Waals surface area contributed by atoms with Gasteiger partial charge in [0.2, 0.25) is 0 Å². The Morgan fingerprint density at radius 3 is 2.68 bits per heavy atom. The van der Waals surface area contributed by atoms with Crippen molar-refractivity contribution >= 4 is 28.1 Å². The Morgan fingerprint density at radius 2 is 1.79 bits per heavy atom. The van der Waals surface area contributed by atoms with Gasteiger partial charge in [-0.05, 0) is 66.6 Å². The summed E-state index contributed by atoms with van der Waals surface area (Å²) in [6, 6.07) is 30.1. The van der Waals surface area contributed by atoms with E-state index in [2.05, 4.69) is 59.6 Å². The molecule has 172 valence electrons. The molecule has 34 heavy (non-hydrogen) atoms. The fraction of sp³-hybridized carbons (Fsp3) is 0.207. The minimum absolute atomic E-state index is 0.0180. The highest BCUT2D eigenvalue weighted by molar-refractivity contribution is 5.89. The molecule has 0 saturated carbocycles. The highest BCUT2D eigenvalue weighted by Crippen LogP contribution is 2.38. The van der Waals surface area contributed by atoms with Crippen LogP contribution in [0.15, 0.2) is 91.0 Å². The molecule has 0 bridgehead atoms. The van der Waals surface area contributed by atoms with E-state index in [1.54, 1.807) is 18.2 Å². The second kappa shape index (κ2) is 9.57. The Morgan fingerprint density at radius 1 is 1.03 bits per heavy atom. The van der Waals surface area contributed by atoms with Gasteiger partial charge in [-0.15, -0.1) is 0 Å². The number of nitrogens with zero attached hydrogens (tertiary/aromatic N) is 1. The van der Waals surface area contributed by atoms with Crippen molar-refractivity contribution in [2.45, 2.75) is 25.5 Å². The molecule has 5 rings (SSSR count). The van der Waals surface area contributed by atoms with Crippen LogP contribution in [0.25, 0.3) is 10.8 Å². The second-order valence-electron chi connectivity index (χ2n) is 8.71. The number of hydrogen-bond donors (Lipinski definition) is 2. The van der Waals surface area contributed by atoms with Gasteiger partial charge in [0.25, 0.3) is 0 Å². The van der Waals surface area contributed by atoms with Crippen LogP contribution in [0, 0.1) is 0 Å². The van der Waals surface area contributed by atoms with E-state index in [9.17, 15) is 9.90 Å². The van der Waals surface area contributed by atoms with Crippen molar-refractivity contribution in [3.8, 4) is 5.75 Å². The maximum Gasteiger partial charge on any atom is 0.335 e. The first-order chi connectivity index (χ1) is 16.6. The number of para-hydroxylation sites is 2. The van der Waals surface area contributed by atoms with Gasteiger partial charge in [0.1, 0.15) is 11.9 Å². The fourth-order valence-electron chi connectivity index (χ4n) is 4.70. The lowest BCUT2D eigenvalue weighted by atomic mass is 9.99. The Hall–Kier alpha value is -3.83.